The maximum Gasteiger partial charge on any atom is 0.166 e. The molecule has 9 aromatic carbocycles. The lowest BCUT2D eigenvalue weighted by Crippen LogP contribution is -2.04. The summed E-state index contributed by atoms with van der Waals surface area (Å²) in [6.45, 7) is 0. The highest BCUT2D eigenvalue weighted by Gasteiger charge is 2.23. The number of nitrogens with zero attached hydrogens (tertiary/aromatic N) is 4. The van der Waals surface area contributed by atoms with Gasteiger partial charge in [0, 0.05) is 78.6 Å². The van der Waals surface area contributed by atoms with E-state index in [1.807, 2.05) is 12.1 Å². The normalized spacial score (nSPS) is 12.2. The molecule has 5 aromatic heterocycles. The number of furan rings is 1. The number of aromatic nitrogens is 4. The molecule has 14 aromatic rings. The average Bonchev–Trinajstić information content (AvgIpc) is 4.08. The van der Waals surface area contributed by atoms with Gasteiger partial charge < -0.3 is 8.98 Å². The van der Waals surface area contributed by atoms with E-state index < -0.39 is 0 Å². The van der Waals surface area contributed by atoms with Gasteiger partial charge in [0.1, 0.15) is 11.2 Å². The van der Waals surface area contributed by atoms with Crippen molar-refractivity contribution in [3.8, 4) is 39.9 Å². The van der Waals surface area contributed by atoms with Crippen LogP contribution < -0.4 is 0 Å². The van der Waals surface area contributed by atoms with E-state index in [0.717, 1.165) is 55.3 Å². The molecule has 0 N–H and O–H groups in total. The Morgan fingerprint density at radius 1 is 0.355 bits per heavy atom. The SMILES string of the molecule is c1ccc2cc3c(cc2c1)c1ccccc1n3-c1cc2c(cc1-c1nc(-c3ccc4c(c3)sc3ccccc34)nc(-c3ccc4c(c3)sc3ccccc34)n1)oc1ccccc12. The van der Waals surface area contributed by atoms with Gasteiger partial charge in [0.2, 0.25) is 0 Å². The lowest BCUT2D eigenvalue weighted by molar-refractivity contribution is 0.669. The standard InChI is InChI=1S/C55H30N4OS2/c1-2-12-32-26-45-41(25-31(32)11-1)35-13-3-7-17-44(35)59(45)46-29-42-36-14-4-8-18-47(36)60-48(42)30-43(46)55-57-53(33-21-23-39-37-15-5-9-19-49(37)61-51(39)27-33)56-54(58-55)34-22-24-40-38-16-6-10-20-50(38)62-52(40)28-34/h1-30H. The molecule has 0 unspecified atom stereocenters. The Morgan fingerprint density at radius 2 is 0.903 bits per heavy atom. The van der Waals surface area contributed by atoms with Crippen LogP contribution >= 0.6 is 22.7 Å². The van der Waals surface area contributed by atoms with Crippen LogP contribution in [0.5, 0.6) is 0 Å². The van der Waals surface area contributed by atoms with Crippen molar-refractivity contribution in [2.45, 2.75) is 0 Å². The Kier molecular flexibility index (Phi) is 7.08. The van der Waals surface area contributed by atoms with Crippen LogP contribution in [-0.4, -0.2) is 19.5 Å². The van der Waals surface area contributed by atoms with Crippen LogP contribution in [-0.2, 0) is 0 Å². The molecule has 0 saturated carbocycles. The predicted molar refractivity (Wildman–Crippen MR) is 261 cm³/mol. The number of benzene rings is 9. The highest BCUT2D eigenvalue weighted by molar-refractivity contribution is 7.26. The van der Waals surface area contributed by atoms with E-state index >= 15 is 0 Å². The summed E-state index contributed by atoms with van der Waals surface area (Å²) in [6.07, 6.45) is 0. The molecule has 7 heteroatoms. The third kappa shape index (κ3) is 5.03. The second kappa shape index (κ2) is 12.9. The van der Waals surface area contributed by atoms with Gasteiger partial charge >= 0.3 is 0 Å². The zero-order valence-electron chi connectivity index (χ0n) is 32.8. The summed E-state index contributed by atoms with van der Waals surface area (Å²) < 4.78 is 13.9. The van der Waals surface area contributed by atoms with Gasteiger partial charge in [-0.2, -0.15) is 0 Å². The lowest BCUT2D eigenvalue weighted by Gasteiger charge is -2.15. The van der Waals surface area contributed by atoms with Crippen molar-refractivity contribution in [2.24, 2.45) is 0 Å². The summed E-state index contributed by atoms with van der Waals surface area (Å²) in [4.78, 5) is 16.2. The molecule has 0 atom stereocenters. The third-order valence-corrected chi connectivity index (χ3v) is 14.7. The Balaban J connectivity index is 1.08. The maximum atomic E-state index is 6.63. The molecule has 0 spiro atoms. The number of hydrogen-bond acceptors (Lipinski definition) is 6. The van der Waals surface area contributed by atoms with E-state index in [-0.39, 0.29) is 0 Å². The van der Waals surface area contributed by atoms with Gasteiger partial charge in [-0.25, -0.2) is 15.0 Å². The van der Waals surface area contributed by atoms with E-state index in [1.165, 1.54) is 61.9 Å². The van der Waals surface area contributed by atoms with Crippen LogP contribution in [0, 0.1) is 0 Å². The molecule has 62 heavy (non-hydrogen) atoms. The second-order valence-corrected chi connectivity index (χ2v) is 18.1. The zero-order valence-corrected chi connectivity index (χ0v) is 34.5. The van der Waals surface area contributed by atoms with Crippen molar-refractivity contribution in [3.63, 3.8) is 0 Å². The fourth-order valence-electron chi connectivity index (χ4n) is 9.52. The van der Waals surface area contributed by atoms with E-state index in [1.54, 1.807) is 22.7 Å². The van der Waals surface area contributed by atoms with Gasteiger partial charge in [-0.1, -0.05) is 121 Å². The number of para-hydroxylation sites is 2. The van der Waals surface area contributed by atoms with Gasteiger partial charge in [0.05, 0.1) is 16.7 Å². The molecule has 288 valence electrons. The van der Waals surface area contributed by atoms with Crippen LogP contribution in [0.25, 0.3) is 135 Å². The van der Waals surface area contributed by atoms with E-state index in [2.05, 4.69) is 174 Å². The number of fused-ring (bicyclic) bond motifs is 13. The summed E-state index contributed by atoms with van der Waals surface area (Å²) in [5, 5.41) is 11.8. The lowest BCUT2D eigenvalue weighted by atomic mass is 10.0. The highest BCUT2D eigenvalue weighted by Crippen LogP contribution is 2.43. The topological polar surface area (TPSA) is 56.7 Å². The van der Waals surface area contributed by atoms with Crippen molar-refractivity contribution >= 4 is 118 Å². The van der Waals surface area contributed by atoms with Crippen molar-refractivity contribution < 1.29 is 4.42 Å². The Morgan fingerprint density at radius 3 is 1.60 bits per heavy atom. The molecule has 0 fully saturated rings. The van der Waals surface area contributed by atoms with Crippen molar-refractivity contribution in [2.75, 3.05) is 0 Å². The van der Waals surface area contributed by atoms with E-state index in [4.69, 9.17) is 19.4 Å². The number of rotatable bonds is 4. The molecule has 0 saturated heterocycles. The molecule has 5 nitrogen and oxygen atoms in total. The van der Waals surface area contributed by atoms with E-state index in [9.17, 15) is 0 Å². The molecule has 0 amide bonds. The first-order valence-corrected chi connectivity index (χ1v) is 22.3. The van der Waals surface area contributed by atoms with Gasteiger partial charge in [0.25, 0.3) is 0 Å². The van der Waals surface area contributed by atoms with Crippen LogP contribution in [0.4, 0.5) is 0 Å². The second-order valence-electron chi connectivity index (χ2n) is 16.0. The largest absolute Gasteiger partial charge is 0.456 e. The van der Waals surface area contributed by atoms with Crippen molar-refractivity contribution in [1.82, 2.24) is 19.5 Å². The highest BCUT2D eigenvalue weighted by atomic mass is 32.1. The van der Waals surface area contributed by atoms with Crippen molar-refractivity contribution in [3.05, 3.63) is 182 Å². The molecular formula is C55H30N4OS2. The average molecular weight is 827 g/mol. The maximum absolute atomic E-state index is 6.63. The summed E-state index contributed by atoms with van der Waals surface area (Å²) in [5.74, 6) is 1.80. The van der Waals surface area contributed by atoms with Crippen LogP contribution in [0.3, 0.4) is 0 Å². The minimum Gasteiger partial charge on any atom is -0.456 e. The van der Waals surface area contributed by atoms with E-state index in [0.29, 0.717) is 17.5 Å². The molecule has 0 radical (unpaired) electrons. The smallest absolute Gasteiger partial charge is 0.166 e. The molecule has 0 bridgehead atoms. The fraction of sp³-hybridized carbons (Fsp3) is 0. The summed E-state index contributed by atoms with van der Waals surface area (Å²) in [6, 6.07) is 65.0. The fourth-order valence-corrected chi connectivity index (χ4v) is 11.8. The quantitative estimate of drug-likeness (QED) is 0.177. The number of hydrogen-bond donors (Lipinski definition) is 0. The summed E-state index contributed by atoms with van der Waals surface area (Å²) >= 11 is 3.59. The van der Waals surface area contributed by atoms with Gasteiger partial charge in [0.15, 0.2) is 17.5 Å². The zero-order chi connectivity index (χ0) is 40.5. The van der Waals surface area contributed by atoms with Crippen LogP contribution in [0.2, 0.25) is 0 Å². The van der Waals surface area contributed by atoms with Crippen LogP contribution in [0.1, 0.15) is 0 Å². The third-order valence-electron chi connectivity index (χ3n) is 12.4. The van der Waals surface area contributed by atoms with Gasteiger partial charge in [-0.15, -0.1) is 22.7 Å². The van der Waals surface area contributed by atoms with Crippen LogP contribution in [0.15, 0.2) is 186 Å². The Hall–Kier alpha value is -7.71. The summed E-state index contributed by atoms with van der Waals surface area (Å²) in [7, 11) is 0. The molecule has 0 aliphatic rings. The molecule has 5 heterocycles. The first-order chi connectivity index (χ1) is 30.7. The Labute approximate surface area is 361 Å². The Bertz CT molecular complexity index is 4060. The molecule has 0 aliphatic heterocycles. The first-order valence-electron chi connectivity index (χ1n) is 20.7. The van der Waals surface area contributed by atoms with Gasteiger partial charge in [-0.05, 0) is 71.4 Å². The monoisotopic (exact) mass is 826 g/mol. The first kappa shape index (κ1) is 34.0. The van der Waals surface area contributed by atoms with Crippen molar-refractivity contribution in [1.29, 1.82) is 0 Å². The predicted octanol–water partition coefficient (Wildman–Crippen LogP) is 15.8. The van der Waals surface area contributed by atoms with Gasteiger partial charge in [-0.3, -0.25) is 0 Å². The minimum absolute atomic E-state index is 0.571. The summed E-state index contributed by atoms with van der Waals surface area (Å²) in [5.41, 5.74) is 7.52. The number of thiophene rings is 2. The molecular weight excluding hydrogens is 797 g/mol. The molecule has 14 rings (SSSR count). The molecule has 0 aliphatic carbocycles. The minimum atomic E-state index is 0.571.